The van der Waals surface area contributed by atoms with Crippen LogP contribution in [0.1, 0.15) is 41.6 Å². The van der Waals surface area contributed by atoms with Crippen LogP contribution in [-0.2, 0) is 13.2 Å². The molecule has 2 aromatic rings. The van der Waals surface area contributed by atoms with Gasteiger partial charge in [-0.1, -0.05) is 18.2 Å². The molecule has 2 fully saturated rings. The van der Waals surface area contributed by atoms with Gasteiger partial charge in [0, 0.05) is 19.3 Å². The van der Waals surface area contributed by atoms with Crippen molar-refractivity contribution in [3.05, 3.63) is 58.9 Å². The molecule has 4 rings (SSSR count). The summed E-state index contributed by atoms with van der Waals surface area (Å²) in [6, 6.07) is 10.5. The highest BCUT2D eigenvalue weighted by molar-refractivity contribution is 5.43. The Morgan fingerprint density at radius 3 is 2.59 bits per heavy atom. The van der Waals surface area contributed by atoms with E-state index >= 15 is 0 Å². The van der Waals surface area contributed by atoms with E-state index in [2.05, 4.69) is 41.2 Å². The highest BCUT2D eigenvalue weighted by Gasteiger charge is 2.38. The first-order chi connectivity index (χ1) is 13.1. The number of likely N-dealkylation sites (tertiary alicyclic amines) is 1. The van der Waals surface area contributed by atoms with Crippen LogP contribution in [0, 0.1) is 19.3 Å². The second kappa shape index (κ2) is 7.99. The van der Waals surface area contributed by atoms with Gasteiger partial charge in [0.15, 0.2) is 0 Å². The van der Waals surface area contributed by atoms with Gasteiger partial charge in [0.05, 0.1) is 5.69 Å². The fourth-order valence-corrected chi connectivity index (χ4v) is 4.77. The first-order valence-corrected chi connectivity index (χ1v) is 10.2. The average Bonchev–Trinajstić information content (AvgIpc) is 3.04. The van der Waals surface area contributed by atoms with E-state index in [0.717, 1.165) is 18.0 Å². The van der Waals surface area contributed by atoms with Crippen LogP contribution in [0.2, 0.25) is 0 Å². The van der Waals surface area contributed by atoms with E-state index in [0.29, 0.717) is 12.0 Å². The van der Waals surface area contributed by atoms with E-state index in [4.69, 9.17) is 4.74 Å². The molecule has 2 aliphatic heterocycles. The highest BCUT2D eigenvalue weighted by atomic mass is 16.5. The number of nitrogens with zero attached hydrogens (tertiary/aromatic N) is 2. The monoisotopic (exact) mass is 365 g/mol. The van der Waals surface area contributed by atoms with Crippen molar-refractivity contribution in [3.63, 3.8) is 0 Å². The second-order valence-electron chi connectivity index (χ2n) is 8.38. The third-order valence-corrected chi connectivity index (χ3v) is 6.20. The van der Waals surface area contributed by atoms with E-state index in [1.165, 1.54) is 62.1 Å². The van der Waals surface area contributed by atoms with Crippen molar-refractivity contribution in [1.82, 2.24) is 15.2 Å². The number of pyridine rings is 1. The molecule has 1 N–H and O–H groups in total. The number of ether oxygens (including phenoxy) is 1. The zero-order valence-corrected chi connectivity index (χ0v) is 16.6. The predicted octanol–water partition coefficient (Wildman–Crippen LogP) is 3.85. The Morgan fingerprint density at radius 2 is 1.89 bits per heavy atom. The number of hydrogen-bond donors (Lipinski definition) is 1. The Balaban J connectivity index is 1.39. The number of rotatable bonds is 5. The maximum atomic E-state index is 6.09. The molecule has 2 aliphatic rings. The quantitative estimate of drug-likeness (QED) is 0.873. The number of aryl methyl sites for hydroxylation is 2. The number of piperidine rings is 1. The molecule has 3 heterocycles. The first-order valence-electron chi connectivity index (χ1n) is 10.2. The Bertz CT molecular complexity index is 745. The molecule has 0 amide bonds. The lowest BCUT2D eigenvalue weighted by atomic mass is 9.78. The zero-order valence-electron chi connectivity index (χ0n) is 16.6. The maximum absolute atomic E-state index is 6.09. The van der Waals surface area contributed by atoms with Crippen molar-refractivity contribution in [3.8, 4) is 5.75 Å². The van der Waals surface area contributed by atoms with Gasteiger partial charge in [-0.15, -0.1) is 0 Å². The summed E-state index contributed by atoms with van der Waals surface area (Å²) >= 11 is 0. The van der Waals surface area contributed by atoms with Crippen LogP contribution in [0.15, 0.2) is 36.5 Å². The molecule has 27 heavy (non-hydrogen) atoms. The Labute approximate surface area is 162 Å². The molecule has 4 nitrogen and oxygen atoms in total. The summed E-state index contributed by atoms with van der Waals surface area (Å²) in [5.41, 5.74) is 5.38. The zero-order chi connectivity index (χ0) is 18.7. The fourth-order valence-electron chi connectivity index (χ4n) is 4.77. The van der Waals surface area contributed by atoms with E-state index in [1.807, 2.05) is 24.4 Å². The van der Waals surface area contributed by atoms with Crippen LogP contribution in [0.25, 0.3) is 0 Å². The van der Waals surface area contributed by atoms with E-state index in [9.17, 15) is 0 Å². The summed E-state index contributed by atoms with van der Waals surface area (Å²) in [5, 5.41) is 3.51. The SMILES string of the molecule is Cc1cc(CN2CCC3(CCNCC3)C2)cc(C)c1OCc1ccccn1. The number of aromatic nitrogens is 1. The van der Waals surface area contributed by atoms with Gasteiger partial charge in [0.25, 0.3) is 0 Å². The summed E-state index contributed by atoms with van der Waals surface area (Å²) in [6.07, 6.45) is 5.84. The van der Waals surface area contributed by atoms with Gasteiger partial charge in [0.1, 0.15) is 12.4 Å². The number of hydrogen-bond acceptors (Lipinski definition) is 4. The van der Waals surface area contributed by atoms with Gasteiger partial charge < -0.3 is 10.1 Å². The molecule has 0 unspecified atom stereocenters. The van der Waals surface area contributed by atoms with Crippen LogP contribution >= 0.6 is 0 Å². The molecule has 4 heteroatoms. The van der Waals surface area contributed by atoms with Crippen LogP contribution in [0.5, 0.6) is 5.75 Å². The lowest BCUT2D eigenvalue weighted by Crippen LogP contribution is -2.38. The molecule has 0 saturated carbocycles. The van der Waals surface area contributed by atoms with Crippen LogP contribution < -0.4 is 10.1 Å². The minimum Gasteiger partial charge on any atom is -0.487 e. The van der Waals surface area contributed by atoms with Crippen LogP contribution in [-0.4, -0.2) is 36.1 Å². The van der Waals surface area contributed by atoms with Gasteiger partial charge >= 0.3 is 0 Å². The second-order valence-corrected chi connectivity index (χ2v) is 8.38. The standard InChI is InChI=1S/C23H31N3O/c1-18-13-20(15-26-12-8-23(17-26)6-10-24-11-7-23)14-19(2)22(18)27-16-21-5-3-4-9-25-21/h3-5,9,13-14,24H,6-8,10-12,15-17H2,1-2H3. The van der Waals surface area contributed by atoms with Crippen molar-refractivity contribution in [2.75, 3.05) is 26.2 Å². The first kappa shape index (κ1) is 18.5. The van der Waals surface area contributed by atoms with Gasteiger partial charge in [-0.25, -0.2) is 0 Å². The summed E-state index contributed by atoms with van der Waals surface area (Å²) in [7, 11) is 0. The Hall–Kier alpha value is -1.91. The predicted molar refractivity (Wildman–Crippen MR) is 109 cm³/mol. The fraction of sp³-hybridized carbons (Fsp3) is 0.522. The summed E-state index contributed by atoms with van der Waals surface area (Å²) in [6.45, 7) is 10.7. The van der Waals surface area contributed by atoms with E-state index < -0.39 is 0 Å². The summed E-state index contributed by atoms with van der Waals surface area (Å²) < 4.78 is 6.09. The maximum Gasteiger partial charge on any atom is 0.130 e. The molecule has 0 aliphatic carbocycles. The third kappa shape index (κ3) is 4.33. The van der Waals surface area contributed by atoms with Gasteiger partial charge in [-0.3, -0.25) is 9.88 Å². The summed E-state index contributed by atoms with van der Waals surface area (Å²) in [5.74, 6) is 1.00. The number of benzene rings is 1. The lowest BCUT2D eigenvalue weighted by molar-refractivity contribution is 0.194. The Kier molecular flexibility index (Phi) is 5.46. The highest BCUT2D eigenvalue weighted by Crippen LogP contribution is 2.39. The van der Waals surface area contributed by atoms with Gasteiger partial charge in [-0.2, -0.15) is 0 Å². The van der Waals surface area contributed by atoms with E-state index in [-0.39, 0.29) is 0 Å². The molecule has 0 bridgehead atoms. The molecule has 1 aromatic carbocycles. The summed E-state index contributed by atoms with van der Waals surface area (Å²) in [4.78, 5) is 6.99. The van der Waals surface area contributed by atoms with Crippen molar-refractivity contribution >= 4 is 0 Å². The van der Waals surface area contributed by atoms with Crippen molar-refractivity contribution in [2.24, 2.45) is 5.41 Å². The molecule has 0 atom stereocenters. The number of nitrogens with one attached hydrogen (secondary N) is 1. The van der Waals surface area contributed by atoms with Gasteiger partial charge in [0.2, 0.25) is 0 Å². The molecule has 144 valence electrons. The minimum atomic E-state index is 0.518. The molecular formula is C23H31N3O. The largest absolute Gasteiger partial charge is 0.487 e. The smallest absolute Gasteiger partial charge is 0.130 e. The van der Waals surface area contributed by atoms with Crippen molar-refractivity contribution in [1.29, 1.82) is 0 Å². The van der Waals surface area contributed by atoms with Crippen molar-refractivity contribution < 1.29 is 4.74 Å². The molecular weight excluding hydrogens is 334 g/mol. The lowest BCUT2D eigenvalue weighted by Gasteiger charge is -2.34. The van der Waals surface area contributed by atoms with Crippen molar-refractivity contribution in [2.45, 2.75) is 46.3 Å². The Morgan fingerprint density at radius 1 is 1.11 bits per heavy atom. The van der Waals surface area contributed by atoms with Gasteiger partial charge in [-0.05, 0) is 87.0 Å². The topological polar surface area (TPSA) is 37.4 Å². The molecule has 1 spiro atoms. The molecule has 0 radical (unpaired) electrons. The third-order valence-electron chi connectivity index (χ3n) is 6.20. The molecule has 2 saturated heterocycles. The van der Waals surface area contributed by atoms with Crippen LogP contribution in [0.3, 0.4) is 0 Å². The average molecular weight is 366 g/mol. The normalized spacial score (nSPS) is 19.5. The minimum absolute atomic E-state index is 0.518. The van der Waals surface area contributed by atoms with E-state index in [1.54, 1.807) is 0 Å². The van der Waals surface area contributed by atoms with Crippen LogP contribution in [0.4, 0.5) is 0 Å². The molecule has 1 aromatic heterocycles.